The Morgan fingerprint density at radius 3 is 2.90 bits per heavy atom. The monoisotopic (exact) mass is 342 g/mol. The van der Waals surface area contributed by atoms with Crippen molar-refractivity contribution in [1.82, 2.24) is 10.6 Å². The average molecular weight is 343 g/mol. The Morgan fingerprint density at radius 1 is 1.35 bits per heavy atom. The largest absolute Gasteiger partial charge is 0.454 e. The van der Waals surface area contributed by atoms with Crippen molar-refractivity contribution in [3.63, 3.8) is 0 Å². The molecule has 0 atom stereocenters. The maximum absolute atomic E-state index is 11.4. The van der Waals surface area contributed by atoms with E-state index in [1.807, 2.05) is 26.0 Å². The minimum atomic E-state index is 0.0276. The zero-order valence-electron chi connectivity index (χ0n) is 11.7. The molecule has 20 heavy (non-hydrogen) atoms. The molecule has 1 aliphatic rings. The molecule has 1 aromatic carbocycles. The molecule has 0 unspecified atom stereocenters. The predicted octanol–water partition coefficient (Wildman–Crippen LogP) is 2.04. The summed E-state index contributed by atoms with van der Waals surface area (Å²) in [7, 11) is 0. The second kappa shape index (κ2) is 6.95. The highest BCUT2D eigenvalue weighted by molar-refractivity contribution is 9.10. The van der Waals surface area contributed by atoms with Crippen LogP contribution in [0.1, 0.15) is 19.4 Å². The molecule has 0 aliphatic carbocycles. The molecular formula is C14H19BrN2O3. The van der Waals surface area contributed by atoms with Gasteiger partial charge in [0.2, 0.25) is 12.7 Å². The molecule has 110 valence electrons. The maximum Gasteiger partial charge on any atom is 0.231 e. The number of hydrogen-bond acceptors (Lipinski definition) is 4. The lowest BCUT2D eigenvalue weighted by Gasteiger charge is -2.09. The topological polar surface area (TPSA) is 59.6 Å². The van der Waals surface area contributed by atoms with Gasteiger partial charge in [0.1, 0.15) is 0 Å². The third-order valence-electron chi connectivity index (χ3n) is 2.94. The maximum atomic E-state index is 11.4. The molecule has 0 radical (unpaired) electrons. The van der Waals surface area contributed by atoms with Crippen LogP contribution >= 0.6 is 15.9 Å². The Bertz CT molecular complexity index is 492. The lowest BCUT2D eigenvalue weighted by atomic mass is 10.2. The summed E-state index contributed by atoms with van der Waals surface area (Å²) in [6.07, 6.45) is 0. The van der Waals surface area contributed by atoms with Crippen molar-refractivity contribution < 1.29 is 14.3 Å². The van der Waals surface area contributed by atoms with Crippen LogP contribution in [0.4, 0.5) is 0 Å². The molecule has 0 saturated heterocycles. The summed E-state index contributed by atoms with van der Waals surface area (Å²) in [5.74, 6) is 1.64. The Kier molecular flexibility index (Phi) is 5.25. The first-order chi connectivity index (χ1) is 9.58. The third kappa shape index (κ3) is 3.86. The van der Waals surface area contributed by atoms with Gasteiger partial charge >= 0.3 is 0 Å². The highest BCUT2D eigenvalue weighted by atomic mass is 79.9. The highest BCUT2D eigenvalue weighted by Crippen LogP contribution is 2.39. The van der Waals surface area contributed by atoms with Crippen LogP contribution in [-0.2, 0) is 11.3 Å². The zero-order valence-corrected chi connectivity index (χ0v) is 13.2. The van der Waals surface area contributed by atoms with Crippen molar-refractivity contribution in [2.45, 2.75) is 20.4 Å². The van der Waals surface area contributed by atoms with Gasteiger partial charge in [-0.3, -0.25) is 4.79 Å². The number of hydrogen-bond donors (Lipinski definition) is 2. The molecule has 1 aliphatic heterocycles. The molecule has 6 heteroatoms. The standard InChI is InChI=1S/C14H19BrN2O3/c1-9(2)14(18)17-4-3-16-7-10-5-11(15)13-12(6-10)19-8-20-13/h5-6,9,16H,3-4,7-8H2,1-2H3,(H,17,18). The van der Waals surface area contributed by atoms with Crippen molar-refractivity contribution in [2.24, 2.45) is 5.92 Å². The first-order valence-corrected chi connectivity index (χ1v) is 7.43. The number of rotatable bonds is 6. The van der Waals surface area contributed by atoms with E-state index in [2.05, 4.69) is 26.6 Å². The van der Waals surface area contributed by atoms with Gasteiger partial charge in [-0.1, -0.05) is 13.8 Å². The number of amides is 1. The lowest BCUT2D eigenvalue weighted by Crippen LogP contribution is -2.34. The summed E-state index contributed by atoms with van der Waals surface area (Å²) in [5.41, 5.74) is 1.11. The van der Waals surface area contributed by atoms with Gasteiger partial charge in [0.05, 0.1) is 4.47 Å². The average Bonchev–Trinajstić information content (AvgIpc) is 2.86. The Labute approximate surface area is 127 Å². The molecule has 5 nitrogen and oxygen atoms in total. The van der Waals surface area contributed by atoms with Gasteiger partial charge < -0.3 is 20.1 Å². The molecule has 2 N–H and O–H groups in total. The fraction of sp³-hybridized carbons (Fsp3) is 0.500. The van der Waals surface area contributed by atoms with Gasteiger partial charge in [0.25, 0.3) is 0 Å². The van der Waals surface area contributed by atoms with E-state index in [1.54, 1.807) is 0 Å². The highest BCUT2D eigenvalue weighted by Gasteiger charge is 2.17. The van der Waals surface area contributed by atoms with Crippen molar-refractivity contribution in [1.29, 1.82) is 0 Å². The van der Waals surface area contributed by atoms with Crippen LogP contribution < -0.4 is 20.1 Å². The van der Waals surface area contributed by atoms with Crippen molar-refractivity contribution >= 4 is 21.8 Å². The summed E-state index contributed by atoms with van der Waals surface area (Å²) < 4.78 is 11.6. The van der Waals surface area contributed by atoms with E-state index in [9.17, 15) is 4.79 Å². The second-order valence-electron chi connectivity index (χ2n) is 4.93. The molecule has 0 bridgehead atoms. The minimum Gasteiger partial charge on any atom is -0.454 e. The first-order valence-electron chi connectivity index (χ1n) is 6.64. The molecule has 0 spiro atoms. The molecule has 1 aromatic rings. The van der Waals surface area contributed by atoms with Gasteiger partial charge in [-0.2, -0.15) is 0 Å². The number of benzene rings is 1. The fourth-order valence-corrected chi connectivity index (χ4v) is 2.44. The van der Waals surface area contributed by atoms with E-state index in [-0.39, 0.29) is 18.6 Å². The summed E-state index contributed by atoms with van der Waals surface area (Å²) in [6.45, 7) is 6.10. The molecule has 2 rings (SSSR count). The van der Waals surface area contributed by atoms with Crippen molar-refractivity contribution in [3.8, 4) is 11.5 Å². The Balaban J connectivity index is 1.75. The molecule has 1 heterocycles. The second-order valence-corrected chi connectivity index (χ2v) is 5.79. The van der Waals surface area contributed by atoms with E-state index in [0.29, 0.717) is 13.1 Å². The fourth-order valence-electron chi connectivity index (χ4n) is 1.83. The third-order valence-corrected chi connectivity index (χ3v) is 3.53. The smallest absolute Gasteiger partial charge is 0.231 e. The van der Waals surface area contributed by atoms with Gasteiger partial charge in [0, 0.05) is 25.6 Å². The van der Waals surface area contributed by atoms with Crippen LogP contribution in [0.25, 0.3) is 0 Å². The Hall–Kier alpha value is -1.27. The zero-order chi connectivity index (χ0) is 14.5. The van der Waals surface area contributed by atoms with Gasteiger partial charge in [-0.15, -0.1) is 0 Å². The summed E-state index contributed by atoms with van der Waals surface area (Å²) >= 11 is 3.47. The number of fused-ring (bicyclic) bond motifs is 1. The molecule has 1 amide bonds. The normalized spacial score (nSPS) is 12.8. The van der Waals surface area contributed by atoms with Crippen LogP contribution in [0, 0.1) is 5.92 Å². The number of carbonyl (C=O) groups excluding carboxylic acids is 1. The van der Waals surface area contributed by atoms with E-state index in [1.165, 1.54) is 0 Å². The predicted molar refractivity (Wildman–Crippen MR) is 79.8 cm³/mol. The van der Waals surface area contributed by atoms with Crippen LogP contribution in [-0.4, -0.2) is 25.8 Å². The van der Waals surface area contributed by atoms with E-state index >= 15 is 0 Å². The van der Waals surface area contributed by atoms with Gasteiger partial charge in [-0.05, 0) is 33.6 Å². The summed E-state index contributed by atoms with van der Waals surface area (Å²) in [4.78, 5) is 11.4. The van der Waals surface area contributed by atoms with Gasteiger partial charge in [0.15, 0.2) is 11.5 Å². The molecule has 0 saturated carbocycles. The summed E-state index contributed by atoms with van der Waals surface area (Å²) in [5, 5.41) is 6.15. The molecule has 0 aromatic heterocycles. The van der Waals surface area contributed by atoms with Crippen LogP contribution in [0.5, 0.6) is 11.5 Å². The Morgan fingerprint density at radius 2 is 2.15 bits per heavy atom. The summed E-state index contributed by atoms with van der Waals surface area (Å²) in [6, 6.07) is 3.97. The SMILES string of the molecule is CC(C)C(=O)NCCNCc1cc(Br)c2c(c1)OCO2. The first kappa shape index (κ1) is 15.1. The van der Waals surface area contributed by atoms with Crippen LogP contribution in [0.3, 0.4) is 0 Å². The van der Waals surface area contributed by atoms with Crippen molar-refractivity contribution in [3.05, 3.63) is 22.2 Å². The van der Waals surface area contributed by atoms with Gasteiger partial charge in [-0.25, -0.2) is 0 Å². The van der Waals surface area contributed by atoms with Crippen LogP contribution in [0.2, 0.25) is 0 Å². The number of halogens is 1. The quantitative estimate of drug-likeness (QED) is 0.776. The lowest BCUT2D eigenvalue weighted by molar-refractivity contribution is -0.123. The molecule has 0 fully saturated rings. The number of ether oxygens (including phenoxy) is 2. The van der Waals surface area contributed by atoms with Crippen molar-refractivity contribution in [2.75, 3.05) is 19.9 Å². The number of carbonyl (C=O) groups is 1. The number of nitrogens with one attached hydrogen (secondary N) is 2. The van der Waals surface area contributed by atoms with E-state index in [4.69, 9.17) is 9.47 Å². The van der Waals surface area contributed by atoms with E-state index in [0.717, 1.165) is 28.1 Å². The minimum absolute atomic E-state index is 0.0276. The van der Waals surface area contributed by atoms with Crippen LogP contribution in [0.15, 0.2) is 16.6 Å². The molecular weight excluding hydrogens is 324 g/mol. The van der Waals surface area contributed by atoms with E-state index < -0.39 is 0 Å².